The Bertz CT molecular complexity index is 266. The summed E-state index contributed by atoms with van der Waals surface area (Å²) in [5.74, 6) is 0. The quantitative estimate of drug-likeness (QED) is 0.498. The molecule has 11 heavy (non-hydrogen) atoms. The van der Waals surface area contributed by atoms with Crippen LogP contribution in [0.3, 0.4) is 0 Å². The van der Waals surface area contributed by atoms with Gasteiger partial charge in [0.05, 0.1) is 10.7 Å². The smallest absolute Gasteiger partial charge is 0.142 e. The minimum absolute atomic E-state index is 0.591. The number of hydrogen-bond donors (Lipinski definition) is 0. The molecular formula is C8H6ClNO. The highest BCUT2D eigenvalue weighted by molar-refractivity contribution is 6.30. The topological polar surface area (TPSA) is 30.0 Å². The predicted molar refractivity (Wildman–Crippen MR) is 44.3 cm³/mol. The Morgan fingerprint density at radius 1 is 1.45 bits per heavy atom. The minimum atomic E-state index is 0.591. The summed E-state index contributed by atoms with van der Waals surface area (Å²) in [6.07, 6.45) is 5.24. The molecule has 0 spiro atoms. The van der Waals surface area contributed by atoms with E-state index in [0.717, 1.165) is 5.69 Å². The molecule has 0 aliphatic heterocycles. The Hall–Kier alpha value is -1.15. The Balaban J connectivity index is 2.81. The van der Waals surface area contributed by atoms with Gasteiger partial charge in [-0.25, -0.2) is 0 Å². The highest BCUT2D eigenvalue weighted by Crippen LogP contribution is 2.06. The highest BCUT2D eigenvalue weighted by atomic mass is 35.5. The van der Waals surface area contributed by atoms with Crippen LogP contribution in [0.15, 0.2) is 24.4 Å². The van der Waals surface area contributed by atoms with Crippen LogP contribution in [0.25, 0.3) is 6.08 Å². The maximum Gasteiger partial charge on any atom is 0.142 e. The summed E-state index contributed by atoms with van der Waals surface area (Å²) in [5, 5.41) is 0.591. The third-order valence-electron chi connectivity index (χ3n) is 1.10. The molecule has 0 atom stereocenters. The van der Waals surface area contributed by atoms with E-state index in [1.54, 1.807) is 18.2 Å². The van der Waals surface area contributed by atoms with Gasteiger partial charge < -0.3 is 0 Å². The van der Waals surface area contributed by atoms with Gasteiger partial charge >= 0.3 is 0 Å². The van der Waals surface area contributed by atoms with Crippen LogP contribution in [0.4, 0.5) is 0 Å². The number of allylic oxidation sites excluding steroid dienone is 1. The minimum Gasteiger partial charge on any atom is -0.299 e. The van der Waals surface area contributed by atoms with Gasteiger partial charge in [0.15, 0.2) is 0 Å². The summed E-state index contributed by atoms with van der Waals surface area (Å²) in [6.45, 7) is 0. The molecule has 1 aromatic heterocycles. The lowest BCUT2D eigenvalue weighted by atomic mass is 10.3. The van der Waals surface area contributed by atoms with Gasteiger partial charge in [-0.15, -0.1) is 0 Å². The second-order valence-corrected chi connectivity index (χ2v) is 2.33. The number of carbonyl (C=O) groups is 1. The molecule has 0 radical (unpaired) electrons. The number of pyridine rings is 1. The molecule has 1 aromatic rings. The van der Waals surface area contributed by atoms with Crippen LogP contribution in [-0.4, -0.2) is 11.3 Å². The van der Waals surface area contributed by atoms with Gasteiger partial charge in [0.1, 0.15) is 6.29 Å². The fourth-order valence-electron chi connectivity index (χ4n) is 0.624. The normalized spacial score (nSPS) is 10.3. The molecule has 0 bridgehead atoms. The SMILES string of the molecule is O=CC=Cc1ccc(Cl)cn1. The van der Waals surface area contributed by atoms with Gasteiger partial charge in [-0.05, 0) is 24.3 Å². The molecule has 0 unspecified atom stereocenters. The van der Waals surface area contributed by atoms with E-state index in [1.807, 2.05) is 0 Å². The predicted octanol–water partition coefficient (Wildman–Crippen LogP) is 1.95. The first-order chi connectivity index (χ1) is 5.33. The van der Waals surface area contributed by atoms with Gasteiger partial charge in [0.2, 0.25) is 0 Å². The van der Waals surface area contributed by atoms with Crippen molar-refractivity contribution in [1.82, 2.24) is 4.98 Å². The van der Waals surface area contributed by atoms with Gasteiger partial charge in [-0.1, -0.05) is 11.6 Å². The summed E-state index contributed by atoms with van der Waals surface area (Å²) in [4.78, 5) is 13.8. The zero-order valence-electron chi connectivity index (χ0n) is 5.70. The molecule has 0 saturated heterocycles. The fourth-order valence-corrected chi connectivity index (χ4v) is 0.736. The molecule has 2 nitrogen and oxygen atoms in total. The number of hydrogen-bond acceptors (Lipinski definition) is 2. The molecular weight excluding hydrogens is 162 g/mol. The Labute approximate surface area is 69.5 Å². The number of carbonyl (C=O) groups excluding carboxylic acids is 1. The lowest BCUT2D eigenvalue weighted by molar-refractivity contribution is -0.104. The van der Waals surface area contributed by atoms with Crippen molar-refractivity contribution in [1.29, 1.82) is 0 Å². The van der Waals surface area contributed by atoms with E-state index in [1.165, 1.54) is 12.3 Å². The zero-order chi connectivity index (χ0) is 8.10. The summed E-state index contributed by atoms with van der Waals surface area (Å²) < 4.78 is 0. The van der Waals surface area contributed by atoms with Crippen LogP contribution in [0.2, 0.25) is 5.02 Å². The van der Waals surface area contributed by atoms with Crippen molar-refractivity contribution in [2.45, 2.75) is 0 Å². The standard InChI is InChI=1S/C8H6ClNO/c9-7-3-4-8(10-6-7)2-1-5-11/h1-6H. The third kappa shape index (κ3) is 2.51. The summed E-state index contributed by atoms with van der Waals surface area (Å²) in [7, 11) is 0. The largest absolute Gasteiger partial charge is 0.299 e. The van der Waals surface area contributed by atoms with Crippen molar-refractivity contribution in [3.63, 3.8) is 0 Å². The molecule has 1 heterocycles. The van der Waals surface area contributed by atoms with Crippen molar-refractivity contribution >= 4 is 24.0 Å². The Kier molecular flexibility index (Phi) is 2.81. The zero-order valence-corrected chi connectivity index (χ0v) is 6.45. The van der Waals surface area contributed by atoms with E-state index in [0.29, 0.717) is 11.3 Å². The van der Waals surface area contributed by atoms with Crippen LogP contribution in [0.1, 0.15) is 5.69 Å². The molecule has 3 heteroatoms. The molecule has 0 aliphatic rings. The number of aromatic nitrogens is 1. The van der Waals surface area contributed by atoms with Crippen LogP contribution < -0.4 is 0 Å². The third-order valence-corrected chi connectivity index (χ3v) is 1.32. The first kappa shape index (κ1) is 7.95. The first-order valence-electron chi connectivity index (χ1n) is 3.06. The van der Waals surface area contributed by atoms with Crippen LogP contribution in [0.5, 0.6) is 0 Å². The maximum absolute atomic E-state index is 9.90. The van der Waals surface area contributed by atoms with Crippen molar-refractivity contribution in [3.05, 3.63) is 35.1 Å². The number of halogens is 1. The van der Waals surface area contributed by atoms with E-state index < -0.39 is 0 Å². The van der Waals surface area contributed by atoms with Gasteiger partial charge in [0.25, 0.3) is 0 Å². The molecule has 56 valence electrons. The first-order valence-corrected chi connectivity index (χ1v) is 3.44. The van der Waals surface area contributed by atoms with Gasteiger partial charge in [-0.3, -0.25) is 9.78 Å². The molecule has 0 saturated carbocycles. The van der Waals surface area contributed by atoms with E-state index in [4.69, 9.17) is 11.6 Å². The van der Waals surface area contributed by atoms with E-state index in [-0.39, 0.29) is 0 Å². The average molecular weight is 168 g/mol. The lowest BCUT2D eigenvalue weighted by Gasteiger charge is -1.89. The molecule has 0 aliphatic carbocycles. The van der Waals surface area contributed by atoms with Gasteiger partial charge in [-0.2, -0.15) is 0 Å². The summed E-state index contributed by atoms with van der Waals surface area (Å²) in [5.41, 5.74) is 0.724. The molecule has 0 fully saturated rings. The summed E-state index contributed by atoms with van der Waals surface area (Å²) >= 11 is 5.59. The summed E-state index contributed by atoms with van der Waals surface area (Å²) in [6, 6.07) is 3.46. The van der Waals surface area contributed by atoms with Gasteiger partial charge in [0, 0.05) is 6.20 Å². The second kappa shape index (κ2) is 3.88. The number of rotatable bonds is 2. The Morgan fingerprint density at radius 3 is 2.82 bits per heavy atom. The molecule has 0 N–H and O–H groups in total. The lowest BCUT2D eigenvalue weighted by Crippen LogP contribution is -1.77. The maximum atomic E-state index is 9.90. The number of nitrogens with zero attached hydrogens (tertiary/aromatic N) is 1. The van der Waals surface area contributed by atoms with E-state index in [9.17, 15) is 4.79 Å². The van der Waals surface area contributed by atoms with Crippen molar-refractivity contribution in [2.24, 2.45) is 0 Å². The van der Waals surface area contributed by atoms with Crippen LogP contribution in [0, 0.1) is 0 Å². The van der Waals surface area contributed by atoms with E-state index in [2.05, 4.69) is 4.98 Å². The van der Waals surface area contributed by atoms with Crippen LogP contribution in [-0.2, 0) is 4.79 Å². The molecule has 0 aromatic carbocycles. The Morgan fingerprint density at radius 2 is 2.27 bits per heavy atom. The monoisotopic (exact) mass is 167 g/mol. The molecule has 1 rings (SSSR count). The van der Waals surface area contributed by atoms with E-state index >= 15 is 0 Å². The fraction of sp³-hybridized carbons (Fsp3) is 0. The second-order valence-electron chi connectivity index (χ2n) is 1.90. The van der Waals surface area contributed by atoms with Crippen LogP contribution >= 0.6 is 11.6 Å². The number of aldehydes is 1. The highest BCUT2D eigenvalue weighted by Gasteiger charge is 1.87. The van der Waals surface area contributed by atoms with Crippen molar-refractivity contribution in [2.75, 3.05) is 0 Å². The molecule has 0 amide bonds. The van der Waals surface area contributed by atoms with Crippen molar-refractivity contribution < 1.29 is 4.79 Å². The van der Waals surface area contributed by atoms with Crippen molar-refractivity contribution in [3.8, 4) is 0 Å². The average Bonchev–Trinajstić information content (AvgIpc) is 2.04.